The molecular weight excluding hydrogens is 186 g/mol. The standard InChI is InChI=1S/C9H19NO2S/c1-9(2,8-11)7-10-3-5-13(12)6-4-10/h11H,3-8H2,1-2H3. The van der Waals surface area contributed by atoms with E-state index in [1.54, 1.807) is 0 Å². The van der Waals surface area contributed by atoms with Gasteiger partial charge in [0.15, 0.2) is 0 Å². The first-order valence-corrected chi connectivity index (χ1v) is 6.20. The Balaban J connectivity index is 2.34. The average molecular weight is 205 g/mol. The van der Waals surface area contributed by atoms with Gasteiger partial charge in [-0.05, 0) is 0 Å². The minimum Gasteiger partial charge on any atom is -0.396 e. The first-order chi connectivity index (χ1) is 6.03. The third-order valence-electron chi connectivity index (χ3n) is 2.35. The molecule has 0 aromatic carbocycles. The lowest BCUT2D eigenvalue weighted by molar-refractivity contribution is 0.108. The zero-order valence-electron chi connectivity index (χ0n) is 8.45. The van der Waals surface area contributed by atoms with Crippen molar-refractivity contribution in [2.45, 2.75) is 13.8 Å². The van der Waals surface area contributed by atoms with Gasteiger partial charge in [0.2, 0.25) is 0 Å². The molecule has 0 atom stereocenters. The minimum atomic E-state index is -0.595. The smallest absolute Gasteiger partial charge is 0.0494 e. The van der Waals surface area contributed by atoms with Crippen LogP contribution in [-0.2, 0) is 10.8 Å². The van der Waals surface area contributed by atoms with Crippen molar-refractivity contribution in [3.63, 3.8) is 0 Å². The van der Waals surface area contributed by atoms with Gasteiger partial charge in [-0.2, -0.15) is 0 Å². The van der Waals surface area contributed by atoms with Crippen molar-refractivity contribution in [3.8, 4) is 0 Å². The van der Waals surface area contributed by atoms with Gasteiger partial charge in [0.1, 0.15) is 0 Å². The first-order valence-electron chi connectivity index (χ1n) is 4.72. The van der Waals surface area contributed by atoms with Crippen LogP contribution in [0.15, 0.2) is 0 Å². The van der Waals surface area contributed by atoms with Crippen LogP contribution >= 0.6 is 0 Å². The number of nitrogens with zero attached hydrogens (tertiary/aromatic N) is 1. The van der Waals surface area contributed by atoms with Crippen molar-refractivity contribution >= 4 is 10.8 Å². The van der Waals surface area contributed by atoms with Crippen molar-refractivity contribution in [2.24, 2.45) is 5.41 Å². The van der Waals surface area contributed by atoms with E-state index in [0.29, 0.717) is 0 Å². The van der Waals surface area contributed by atoms with Crippen molar-refractivity contribution in [1.29, 1.82) is 0 Å². The Morgan fingerprint density at radius 1 is 1.38 bits per heavy atom. The molecule has 0 bridgehead atoms. The molecule has 0 radical (unpaired) electrons. The van der Waals surface area contributed by atoms with Crippen molar-refractivity contribution in [3.05, 3.63) is 0 Å². The van der Waals surface area contributed by atoms with Gasteiger partial charge in [-0.3, -0.25) is 4.21 Å². The highest BCUT2D eigenvalue weighted by molar-refractivity contribution is 7.85. The quantitative estimate of drug-likeness (QED) is 0.709. The van der Waals surface area contributed by atoms with Gasteiger partial charge in [0.05, 0.1) is 0 Å². The van der Waals surface area contributed by atoms with E-state index in [4.69, 9.17) is 5.11 Å². The van der Waals surface area contributed by atoms with E-state index in [2.05, 4.69) is 18.7 Å². The van der Waals surface area contributed by atoms with Crippen LogP contribution in [0.3, 0.4) is 0 Å². The summed E-state index contributed by atoms with van der Waals surface area (Å²) in [5.41, 5.74) is -0.0289. The van der Waals surface area contributed by atoms with E-state index in [1.165, 1.54) is 0 Å². The SMILES string of the molecule is CC(C)(CO)CN1CCS(=O)CC1. The van der Waals surface area contributed by atoms with Crippen LogP contribution in [0.4, 0.5) is 0 Å². The van der Waals surface area contributed by atoms with E-state index in [-0.39, 0.29) is 12.0 Å². The van der Waals surface area contributed by atoms with Gasteiger partial charge in [-0.15, -0.1) is 0 Å². The second-order valence-corrected chi connectivity index (χ2v) is 6.14. The van der Waals surface area contributed by atoms with Crippen molar-refractivity contribution in [2.75, 3.05) is 37.7 Å². The number of aliphatic hydroxyl groups is 1. The van der Waals surface area contributed by atoms with Crippen molar-refractivity contribution < 1.29 is 9.32 Å². The maximum Gasteiger partial charge on any atom is 0.0494 e. The third-order valence-corrected chi connectivity index (χ3v) is 3.63. The molecule has 0 spiro atoms. The Morgan fingerprint density at radius 3 is 2.38 bits per heavy atom. The van der Waals surface area contributed by atoms with Crippen LogP contribution in [0.1, 0.15) is 13.8 Å². The van der Waals surface area contributed by atoms with Crippen LogP contribution < -0.4 is 0 Å². The summed E-state index contributed by atoms with van der Waals surface area (Å²) in [6.07, 6.45) is 0. The fourth-order valence-corrected chi connectivity index (χ4v) is 2.62. The second-order valence-electron chi connectivity index (χ2n) is 4.45. The third kappa shape index (κ3) is 3.75. The largest absolute Gasteiger partial charge is 0.396 e. The fourth-order valence-electron chi connectivity index (χ4n) is 1.49. The molecule has 1 aliphatic rings. The molecule has 0 aliphatic carbocycles. The van der Waals surface area contributed by atoms with E-state index in [0.717, 1.165) is 31.1 Å². The summed E-state index contributed by atoms with van der Waals surface area (Å²) in [5, 5.41) is 9.09. The molecule has 3 nitrogen and oxygen atoms in total. The van der Waals surface area contributed by atoms with E-state index in [9.17, 15) is 4.21 Å². The molecule has 0 amide bonds. The number of rotatable bonds is 3. The predicted octanol–water partition coefficient (Wildman–Crippen LogP) is 0.0692. The van der Waals surface area contributed by atoms with Gasteiger partial charge < -0.3 is 10.0 Å². The summed E-state index contributed by atoms with van der Waals surface area (Å²) in [4.78, 5) is 2.29. The van der Waals surface area contributed by atoms with Gasteiger partial charge in [0, 0.05) is 54.0 Å². The molecule has 1 aliphatic heterocycles. The highest BCUT2D eigenvalue weighted by Gasteiger charge is 2.23. The fraction of sp³-hybridized carbons (Fsp3) is 1.00. The topological polar surface area (TPSA) is 40.5 Å². The lowest BCUT2D eigenvalue weighted by Crippen LogP contribution is -2.43. The van der Waals surface area contributed by atoms with Gasteiger partial charge in [-0.1, -0.05) is 13.8 Å². The Labute approximate surface area is 82.6 Å². The van der Waals surface area contributed by atoms with Gasteiger partial charge >= 0.3 is 0 Å². The van der Waals surface area contributed by atoms with Crippen molar-refractivity contribution in [1.82, 2.24) is 4.90 Å². The Hall–Kier alpha value is 0.0700. The zero-order valence-corrected chi connectivity index (χ0v) is 9.27. The lowest BCUT2D eigenvalue weighted by atomic mass is 9.94. The molecule has 1 fully saturated rings. The molecule has 1 heterocycles. The molecule has 0 aromatic rings. The molecule has 1 rings (SSSR count). The summed E-state index contributed by atoms with van der Waals surface area (Å²) >= 11 is 0. The monoisotopic (exact) mass is 205 g/mol. The minimum absolute atomic E-state index is 0.0289. The van der Waals surface area contributed by atoms with Gasteiger partial charge in [-0.25, -0.2) is 0 Å². The van der Waals surface area contributed by atoms with E-state index < -0.39 is 10.8 Å². The number of hydrogen-bond acceptors (Lipinski definition) is 3. The molecule has 0 aromatic heterocycles. The Bertz CT molecular complexity index is 184. The maximum absolute atomic E-state index is 11.1. The van der Waals surface area contributed by atoms with Crippen LogP contribution in [0, 0.1) is 5.41 Å². The summed E-state index contributed by atoms with van der Waals surface area (Å²) in [7, 11) is -0.595. The average Bonchev–Trinajstić information content (AvgIpc) is 2.09. The van der Waals surface area contributed by atoms with E-state index >= 15 is 0 Å². The first kappa shape index (κ1) is 11.1. The molecule has 1 N–H and O–H groups in total. The van der Waals surface area contributed by atoms with Crippen LogP contribution in [0.25, 0.3) is 0 Å². The normalized spacial score (nSPS) is 22.1. The van der Waals surface area contributed by atoms with Crippen LogP contribution in [-0.4, -0.2) is 52.0 Å². The lowest BCUT2D eigenvalue weighted by Gasteiger charge is -2.33. The molecule has 4 heteroatoms. The van der Waals surface area contributed by atoms with E-state index in [1.807, 2.05) is 0 Å². The highest BCUT2D eigenvalue weighted by atomic mass is 32.2. The maximum atomic E-state index is 11.1. The molecule has 0 saturated carbocycles. The molecule has 1 saturated heterocycles. The predicted molar refractivity (Wildman–Crippen MR) is 55.2 cm³/mol. The van der Waals surface area contributed by atoms with Gasteiger partial charge in [0.25, 0.3) is 0 Å². The van der Waals surface area contributed by atoms with Crippen LogP contribution in [0.5, 0.6) is 0 Å². The van der Waals surface area contributed by atoms with Crippen LogP contribution in [0.2, 0.25) is 0 Å². The summed E-state index contributed by atoms with van der Waals surface area (Å²) in [5.74, 6) is 1.59. The summed E-state index contributed by atoms with van der Waals surface area (Å²) in [6, 6.07) is 0. The second kappa shape index (κ2) is 4.53. The number of aliphatic hydroxyl groups excluding tert-OH is 1. The zero-order chi connectivity index (χ0) is 9.90. The Kier molecular flexibility index (Phi) is 3.88. The highest BCUT2D eigenvalue weighted by Crippen LogP contribution is 2.16. The summed E-state index contributed by atoms with van der Waals surface area (Å²) < 4.78 is 11.1. The molecule has 13 heavy (non-hydrogen) atoms. The Morgan fingerprint density at radius 2 is 1.92 bits per heavy atom. The molecule has 0 unspecified atom stereocenters. The molecular formula is C9H19NO2S. The number of hydrogen-bond donors (Lipinski definition) is 1. The molecule has 78 valence electrons. The summed E-state index contributed by atoms with van der Waals surface area (Å²) in [6.45, 7) is 7.05.